The van der Waals surface area contributed by atoms with E-state index in [1.165, 1.54) is 0 Å². The van der Waals surface area contributed by atoms with E-state index in [0.717, 1.165) is 38.9 Å². The fourth-order valence-electron chi connectivity index (χ4n) is 2.81. The zero-order chi connectivity index (χ0) is 18.1. The molecule has 5 nitrogen and oxygen atoms in total. The van der Waals surface area contributed by atoms with Gasteiger partial charge in [-0.3, -0.25) is 0 Å². The first kappa shape index (κ1) is 15.8. The molecule has 0 amide bonds. The summed E-state index contributed by atoms with van der Waals surface area (Å²) in [5, 5.41) is 0.950. The molecular formula is C21H17N5. The number of anilines is 1. The maximum Gasteiger partial charge on any atom is 0.220 e. The molecule has 3 aromatic heterocycles. The van der Waals surface area contributed by atoms with Crippen molar-refractivity contribution in [3.8, 4) is 11.1 Å². The van der Waals surface area contributed by atoms with Gasteiger partial charge in [0.1, 0.15) is 5.65 Å². The highest BCUT2D eigenvalue weighted by molar-refractivity contribution is 5.84. The lowest BCUT2D eigenvalue weighted by molar-refractivity contribution is 1.19. The summed E-state index contributed by atoms with van der Waals surface area (Å²) in [6.45, 7) is 7.72. The number of fused-ring (bicyclic) bond motifs is 2. The molecule has 3 heterocycles. The van der Waals surface area contributed by atoms with Crippen molar-refractivity contribution in [1.29, 1.82) is 0 Å². The van der Waals surface area contributed by atoms with Crippen LogP contribution in [0.15, 0.2) is 80.3 Å². The number of nitrogens with two attached hydrogens (primary N) is 1. The van der Waals surface area contributed by atoms with Gasteiger partial charge in [0.2, 0.25) is 5.95 Å². The van der Waals surface area contributed by atoms with E-state index in [4.69, 9.17) is 5.73 Å². The fourth-order valence-corrected chi connectivity index (χ4v) is 2.81. The number of imidazole rings is 1. The maximum absolute atomic E-state index is 5.64. The van der Waals surface area contributed by atoms with Crippen molar-refractivity contribution in [3.63, 3.8) is 0 Å². The zero-order valence-corrected chi connectivity index (χ0v) is 14.1. The summed E-state index contributed by atoms with van der Waals surface area (Å²) < 4.78 is 2.00. The first-order valence-electron chi connectivity index (χ1n) is 8.14. The van der Waals surface area contributed by atoms with Crippen LogP contribution < -0.4 is 5.73 Å². The Kier molecular flexibility index (Phi) is 3.82. The van der Waals surface area contributed by atoms with Crippen LogP contribution in [0.5, 0.6) is 0 Å². The number of hydrogen-bond donors (Lipinski definition) is 1. The Morgan fingerprint density at radius 2 is 1.92 bits per heavy atom. The lowest BCUT2D eigenvalue weighted by atomic mass is 10.1. The molecule has 0 spiro atoms. The van der Waals surface area contributed by atoms with E-state index in [2.05, 4.69) is 40.4 Å². The highest BCUT2D eigenvalue weighted by atomic mass is 15.0. The number of nitrogens with zero attached hydrogens (tertiary/aromatic N) is 4. The van der Waals surface area contributed by atoms with Crippen molar-refractivity contribution >= 4 is 28.1 Å². The predicted molar refractivity (Wildman–Crippen MR) is 107 cm³/mol. The molecule has 0 saturated heterocycles. The number of rotatable bonds is 4. The third kappa shape index (κ3) is 2.86. The molecule has 4 rings (SSSR count). The van der Waals surface area contributed by atoms with Crippen LogP contribution in [0, 0.1) is 0 Å². The van der Waals surface area contributed by atoms with Crippen LogP contribution in [0.4, 0.5) is 5.95 Å². The standard InChI is InChI=1S/C21H17N5/c1-3-4-5-14(2)19-13-26-12-16(7-9-20(26)24-19)15-6-8-18-17(10-15)11-23-21(22)25-18/h3-13H,1-2H2,(H2,22,23,25)/b5-4-. The van der Waals surface area contributed by atoms with Crippen LogP contribution in [0.2, 0.25) is 0 Å². The Bertz CT molecular complexity index is 1180. The first-order valence-corrected chi connectivity index (χ1v) is 8.14. The van der Waals surface area contributed by atoms with Gasteiger partial charge >= 0.3 is 0 Å². The van der Waals surface area contributed by atoms with Gasteiger partial charge in [-0.2, -0.15) is 0 Å². The largest absolute Gasteiger partial charge is 0.368 e. The van der Waals surface area contributed by atoms with Crippen LogP contribution in [-0.2, 0) is 0 Å². The van der Waals surface area contributed by atoms with Crippen LogP contribution in [0.1, 0.15) is 5.69 Å². The topological polar surface area (TPSA) is 69.1 Å². The lowest BCUT2D eigenvalue weighted by Crippen LogP contribution is -1.94. The van der Waals surface area contributed by atoms with E-state index in [1.54, 1.807) is 12.3 Å². The van der Waals surface area contributed by atoms with Gasteiger partial charge in [0.15, 0.2) is 0 Å². The third-order valence-corrected chi connectivity index (χ3v) is 4.15. The summed E-state index contributed by atoms with van der Waals surface area (Å²) in [5.41, 5.74) is 11.2. The smallest absolute Gasteiger partial charge is 0.220 e. The molecular weight excluding hydrogens is 322 g/mol. The van der Waals surface area contributed by atoms with E-state index in [1.807, 2.05) is 47.0 Å². The summed E-state index contributed by atoms with van der Waals surface area (Å²) in [6.07, 6.45) is 11.2. The Morgan fingerprint density at radius 3 is 2.77 bits per heavy atom. The van der Waals surface area contributed by atoms with Gasteiger partial charge in [-0.25, -0.2) is 15.0 Å². The van der Waals surface area contributed by atoms with Crippen LogP contribution >= 0.6 is 0 Å². The molecule has 0 radical (unpaired) electrons. The van der Waals surface area contributed by atoms with Gasteiger partial charge in [0.05, 0.1) is 11.2 Å². The van der Waals surface area contributed by atoms with E-state index in [9.17, 15) is 0 Å². The van der Waals surface area contributed by atoms with Crippen molar-refractivity contribution < 1.29 is 0 Å². The molecule has 1 aromatic carbocycles. The molecule has 0 aliphatic carbocycles. The normalized spacial score (nSPS) is 11.4. The number of allylic oxidation sites excluding steroid dienone is 4. The van der Waals surface area contributed by atoms with Crippen LogP contribution in [0.25, 0.3) is 33.3 Å². The van der Waals surface area contributed by atoms with Gasteiger partial charge < -0.3 is 10.1 Å². The molecule has 0 unspecified atom stereocenters. The SMILES string of the molecule is C=C/C=C\C(=C)c1cn2cc(-c3ccc4nc(N)ncc4c3)ccc2n1. The molecule has 0 saturated carbocycles. The number of pyridine rings is 1. The lowest BCUT2D eigenvalue weighted by Gasteiger charge is -2.05. The molecule has 0 aliphatic rings. The van der Waals surface area contributed by atoms with Crippen LogP contribution in [-0.4, -0.2) is 19.4 Å². The summed E-state index contributed by atoms with van der Waals surface area (Å²) in [4.78, 5) is 12.9. The molecule has 0 atom stereocenters. The minimum absolute atomic E-state index is 0.281. The number of benzene rings is 1. The maximum atomic E-state index is 5.64. The van der Waals surface area contributed by atoms with Gasteiger partial charge in [-0.1, -0.05) is 37.5 Å². The predicted octanol–water partition coefficient (Wildman–Crippen LogP) is 4.28. The second kappa shape index (κ2) is 6.29. The van der Waals surface area contributed by atoms with Gasteiger partial charge in [0, 0.05) is 24.0 Å². The average molecular weight is 339 g/mol. The minimum atomic E-state index is 0.281. The average Bonchev–Trinajstić information content (AvgIpc) is 3.09. The molecule has 4 aromatic rings. The molecule has 5 heteroatoms. The molecule has 126 valence electrons. The quantitative estimate of drug-likeness (QED) is 0.563. The van der Waals surface area contributed by atoms with Gasteiger partial charge in [-0.15, -0.1) is 0 Å². The molecule has 0 aliphatic heterocycles. The minimum Gasteiger partial charge on any atom is -0.368 e. The second-order valence-electron chi connectivity index (χ2n) is 5.93. The van der Waals surface area contributed by atoms with Crippen molar-refractivity contribution in [2.24, 2.45) is 0 Å². The highest BCUT2D eigenvalue weighted by Crippen LogP contribution is 2.25. The van der Waals surface area contributed by atoms with Crippen molar-refractivity contribution in [1.82, 2.24) is 19.4 Å². The third-order valence-electron chi connectivity index (χ3n) is 4.15. The number of nitrogen functional groups attached to an aromatic ring is 1. The zero-order valence-electron chi connectivity index (χ0n) is 14.1. The number of aromatic nitrogens is 4. The van der Waals surface area contributed by atoms with Crippen molar-refractivity contribution in [2.75, 3.05) is 5.73 Å². The first-order chi connectivity index (χ1) is 12.6. The van der Waals surface area contributed by atoms with Crippen molar-refractivity contribution in [3.05, 3.63) is 86.0 Å². The van der Waals surface area contributed by atoms with E-state index in [-0.39, 0.29) is 5.95 Å². The Balaban J connectivity index is 1.75. The molecule has 0 fully saturated rings. The Labute approximate surface area is 150 Å². The van der Waals surface area contributed by atoms with E-state index in [0.29, 0.717) is 0 Å². The monoisotopic (exact) mass is 339 g/mol. The Hall–Kier alpha value is -3.73. The van der Waals surface area contributed by atoms with Crippen LogP contribution in [0.3, 0.4) is 0 Å². The highest BCUT2D eigenvalue weighted by Gasteiger charge is 2.06. The summed E-state index contributed by atoms with van der Waals surface area (Å²) in [6, 6.07) is 10.1. The second-order valence-corrected chi connectivity index (χ2v) is 5.93. The summed E-state index contributed by atoms with van der Waals surface area (Å²) >= 11 is 0. The van der Waals surface area contributed by atoms with E-state index >= 15 is 0 Å². The van der Waals surface area contributed by atoms with E-state index < -0.39 is 0 Å². The van der Waals surface area contributed by atoms with Gasteiger partial charge in [-0.05, 0) is 41.0 Å². The molecule has 0 bridgehead atoms. The molecule has 2 N–H and O–H groups in total. The van der Waals surface area contributed by atoms with Crippen molar-refractivity contribution in [2.45, 2.75) is 0 Å². The summed E-state index contributed by atoms with van der Waals surface area (Å²) in [7, 11) is 0. The number of hydrogen-bond acceptors (Lipinski definition) is 4. The fraction of sp³-hybridized carbons (Fsp3) is 0. The Morgan fingerprint density at radius 1 is 1.08 bits per heavy atom. The van der Waals surface area contributed by atoms with Gasteiger partial charge in [0.25, 0.3) is 0 Å². The summed E-state index contributed by atoms with van der Waals surface area (Å²) in [5.74, 6) is 0.281. The molecule has 26 heavy (non-hydrogen) atoms.